The fourth-order valence-electron chi connectivity index (χ4n) is 10.0. The third-order valence-corrected chi connectivity index (χ3v) is 14.7. The maximum Gasteiger partial charge on any atom is 0.307 e. The Hall–Kier alpha value is -5.97. The standard InChI is InChI=1S/C52H66N4O12/c1-12-53-24-33-16-19-56(20-17-33)34-22-35(58)41-37(23-34)67-49-42(54-41)38-39-45(60)31(8)48-40(38)50(62)52(10,68-48)65-21-18-36(64-11)30(7)47(66-32(9)57)29(6)27(4)28(5)44(59)25(2)14-13-15-26(3)51(63)55-43(49)46(39)61/h13-15,18,21-23,25,27-30,33,36,44,47,53,59-60,62H,12,16-17,19-20,24H2,1-11H3,(H,55,63)/b14-13+,21-18+,26-15-/t25-,27+,28-,29+,30+,36-,44-,47-,52-/m0/s1. The Kier molecular flexibility index (Phi) is 14.6. The number of phenols is 1. The number of hydrogen-bond acceptors (Lipinski definition) is 15. The normalized spacial score (nSPS) is 29.4. The number of aromatic hydroxyl groups is 1. The van der Waals surface area contributed by atoms with Gasteiger partial charge >= 0.3 is 11.8 Å². The first-order valence-electron chi connectivity index (χ1n) is 23.6. The number of benzene rings is 3. The number of fused-ring (bicyclic) bond motifs is 5. The van der Waals surface area contributed by atoms with Crippen LogP contribution in [0.1, 0.15) is 80.7 Å². The SMILES string of the molecule is CCNCC1CCN(c2cc(=O)c3nc4c(oc3c2)c2c(=O)c3c(O)c(C)c5c(c34)=C(O)[C@@](C)(O/C=C/[C@H](OC)[C@@H](C)[C@@H](OC(C)=O)[C@H](C)[C@H](C)[C@H](C)[C@@H](O)[C@@H](C)/C=C/C=C(/C)C(=O)N2)O5)CC1. The first-order valence-corrected chi connectivity index (χ1v) is 23.6. The van der Waals surface area contributed by atoms with Crippen LogP contribution in [0.5, 0.6) is 11.5 Å². The minimum Gasteiger partial charge on any atom is -0.507 e. The lowest BCUT2D eigenvalue weighted by Gasteiger charge is -2.39. The Labute approximate surface area is 395 Å². The Morgan fingerprint density at radius 3 is 2.35 bits per heavy atom. The molecule has 1 fully saturated rings. The number of carbonyl (C=O) groups excluding carboxylic acids is 2. The highest BCUT2D eigenvalue weighted by molar-refractivity contribution is 6.16. The second kappa shape index (κ2) is 19.9. The summed E-state index contributed by atoms with van der Waals surface area (Å²) in [7, 11) is 1.51. The van der Waals surface area contributed by atoms with Crippen molar-refractivity contribution in [3.05, 3.63) is 79.5 Å². The van der Waals surface area contributed by atoms with E-state index in [-0.39, 0.29) is 84.4 Å². The molecule has 7 rings (SSSR count). The van der Waals surface area contributed by atoms with Crippen LogP contribution in [0.3, 0.4) is 0 Å². The molecule has 16 nitrogen and oxygen atoms in total. The predicted molar refractivity (Wildman–Crippen MR) is 262 cm³/mol. The molecule has 0 unspecified atom stereocenters. The van der Waals surface area contributed by atoms with Gasteiger partial charge in [-0.15, -0.1) is 0 Å². The summed E-state index contributed by atoms with van der Waals surface area (Å²) in [5, 5.41) is 41.4. The number of aromatic nitrogens is 1. The summed E-state index contributed by atoms with van der Waals surface area (Å²) in [5.74, 6) is -5.09. The number of piperidine rings is 1. The zero-order valence-corrected chi connectivity index (χ0v) is 40.9. The van der Waals surface area contributed by atoms with E-state index in [0.717, 1.165) is 25.9 Å². The number of esters is 1. The molecule has 5 bridgehead atoms. The van der Waals surface area contributed by atoms with E-state index in [2.05, 4.69) is 22.5 Å². The van der Waals surface area contributed by atoms with Crippen molar-refractivity contribution >= 4 is 62.0 Å². The third-order valence-electron chi connectivity index (χ3n) is 14.7. The fraction of sp³-hybridized carbons (Fsp3) is 0.519. The van der Waals surface area contributed by atoms with E-state index in [9.17, 15) is 34.5 Å². The first-order chi connectivity index (χ1) is 32.2. The molecule has 0 radical (unpaired) electrons. The van der Waals surface area contributed by atoms with Gasteiger partial charge in [-0.3, -0.25) is 19.2 Å². The van der Waals surface area contributed by atoms with Crippen LogP contribution in [0.15, 0.2) is 62.3 Å². The van der Waals surface area contributed by atoms with Crippen LogP contribution in [-0.4, -0.2) is 89.6 Å². The highest BCUT2D eigenvalue weighted by atomic mass is 16.7. The summed E-state index contributed by atoms with van der Waals surface area (Å²) >= 11 is 0. The largest absolute Gasteiger partial charge is 0.507 e. The number of aliphatic hydroxyl groups is 2. The average Bonchev–Trinajstić information content (AvgIpc) is 3.58. The van der Waals surface area contributed by atoms with Gasteiger partial charge in [-0.2, -0.15) is 0 Å². The number of ether oxygens (including phenoxy) is 4. The quantitative estimate of drug-likeness (QED) is 0.0776. The lowest BCUT2D eigenvalue weighted by atomic mass is 9.73. The number of carbonyl (C=O) groups is 2. The number of anilines is 2. The second-order valence-electron chi connectivity index (χ2n) is 19.1. The first kappa shape index (κ1) is 49.9. The van der Waals surface area contributed by atoms with Gasteiger partial charge in [-0.05, 0) is 69.5 Å². The minimum atomic E-state index is -1.94. The zero-order valence-electron chi connectivity index (χ0n) is 40.9. The number of nitrogens with zero attached hydrogens (tertiary/aromatic N) is 2. The molecule has 1 aromatic heterocycles. The molecule has 3 aliphatic rings. The monoisotopic (exact) mass is 938 g/mol. The van der Waals surface area contributed by atoms with E-state index in [1.165, 1.54) is 40.2 Å². The maximum atomic E-state index is 14.9. The lowest BCUT2D eigenvalue weighted by Crippen LogP contribution is -2.43. The molecule has 68 heavy (non-hydrogen) atoms. The number of methoxy groups -OCH3 is 1. The molecule has 3 aromatic carbocycles. The molecule has 5 N–H and O–H groups in total. The number of phenolic OH excluding ortho intramolecular Hbond substituents is 1. The molecule has 1 amide bonds. The molecule has 4 aromatic rings. The molecule has 0 saturated carbocycles. The van der Waals surface area contributed by atoms with Crippen molar-refractivity contribution in [1.82, 2.24) is 10.3 Å². The molecule has 366 valence electrons. The van der Waals surface area contributed by atoms with Gasteiger partial charge in [0.2, 0.25) is 10.9 Å². The van der Waals surface area contributed by atoms with Crippen molar-refractivity contribution in [2.24, 2.45) is 35.5 Å². The summed E-state index contributed by atoms with van der Waals surface area (Å²) in [6, 6.07) is 3.20. The average molecular weight is 939 g/mol. The number of rotatable bonds is 6. The molecule has 0 aliphatic carbocycles. The number of hydrogen-bond donors (Lipinski definition) is 5. The van der Waals surface area contributed by atoms with Gasteiger partial charge in [-0.1, -0.05) is 59.8 Å². The molecular weight excluding hydrogens is 873 g/mol. The second-order valence-corrected chi connectivity index (χ2v) is 19.1. The smallest absolute Gasteiger partial charge is 0.307 e. The molecule has 3 aliphatic heterocycles. The van der Waals surface area contributed by atoms with Gasteiger partial charge in [0.1, 0.15) is 28.8 Å². The number of nitrogens with one attached hydrogen (secondary N) is 2. The van der Waals surface area contributed by atoms with E-state index in [1.54, 1.807) is 37.3 Å². The van der Waals surface area contributed by atoms with Gasteiger partial charge in [-0.25, -0.2) is 4.98 Å². The van der Waals surface area contributed by atoms with Crippen LogP contribution >= 0.6 is 0 Å². The van der Waals surface area contributed by atoms with Crippen LogP contribution in [-0.2, 0) is 23.8 Å². The summed E-state index contributed by atoms with van der Waals surface area (Å²) in [6.45, 7) is 20.8. The van der Waals surface area contributed by atoms with Crippen molar-refractivity contribution < 1.29 is 48.3 Å². The van der Waals surface area contributed by atoms with Gasteiger partial charge in [0.15, 0.2) is 22.4 Å². The Balaban J connectivity index is 1.45. The van der Waals surface area contributed by atoms with Crippen molar-refractivity contribution in [2.45, 2.75) is 106 Å². The topological polar surface area (TPSA) is 219 Å². The van der Waals surface area contributed by atoms with Crippen molar-refractivity contribution in [3.8, 4) is 11.5 Å². The van der Waals surface area contributed by atoms with Gasteiger partial charge in [0.25, 0.3) is 5.91 Å². The van der Waals surface area contributed by atoms with Crippen LogP contribution < -0.4 is 36.3 Å². The Morgan fingerprint density at radius 2 is 1.69 bits per heavy atom. The van der Waals surface area contributed by atoms with E-state index in [0.29, 0.717) is 24.7 Å². The third kappa shape index (κ3) is 9.29. The maximum absolute atomic E-state index is 14.9. The number of allylic oxidation sites excluding steroid dienone is 2. The van der Waals surface area contributed by atoms with E-state index >= 15 is 0 Å². The lowest BCUT2D eigenvalue weighted by molar-refractivity contribution is -0.157. The molecular formula is C52H66N4O12. The highest BCUT2D eigenvalue weighted by Crippen LogP contribution is 2.42. The molecule has 0 spiro atoms. The Morgan fingerprint density at radius 1 is 0.985 bits per heavy atom. The van der Waals surface area contributed by atoms with E-state index < -0.39 is 64.3 Å². The van der Waals surface area contributed by atoms with E-state index in [1.807, 2.05) is 34.6 Å². The van der Waals surface area contributed by atoms with Crippen LogP contribution in [0.2, 0.25) is 0 Å². The Bertz CT molecular complexity index is 2880. The summed E-state index contributed by atoms with van der Waals surface area (Å²) in [6.07, 6.45) is 7.58. The minimum absolute atomic E-state index is 0.0194. The summed E-state index contributed by atoms with van der Waals surface area (Å²) in [5.41, 5.74) is -1.09. The van der Waals surface area contributed by atoms with Crippen molar-refractivity contribution in [2.75, 3.05) is 43.5 Å². The van der Waals surface area contributed by atoms with E-state index in [4.69, 9.17) is 28.3 Å². The van der Waals surface area contributed by atoms with Crippen molar-refractivity contribution in [1.29, 1.82) is 0 Å². The van der Waals surface area contributed by atoms with Crippen LogP contribution in [0.4, 0.5) is 11.4 Å². The molecule has 4 heterocycles. The summed E-state index contributed by atoms with van der Waals surface area (Å²) < 4.78 is 30.9. The number of aliphatic hydroxyl groups excluding tert-OH is 2. The van der Waals surface area contributed by atoms with Gasteiger partial charge in [0, 0.05) is 80.2 Å². The van der Waals surface area contributed by atoms with Crippen LogP contribution in [0, 0.1) is 42.4 Å². The molecule has 16 heteroatoms. The molecule has 9 atom stereocenters. The molecule has 1 saturated heterocycles. The fourth-order valence-corrected chi connectivity index (χ4v) is 10.0. The van der Waals surface area contributed by atoms with Gasteiger partial charge < -0.3 is 54.2 Å². The zero-order chi connectivity index (χ0) is 49.5. The number of amides is 1. The highest BCUT2D eigenvalue weighted by Gasteiger charge is 2.44. The summed E-state index contributed by atoms with van der Waals surface area (Å²) in [4.78, 5) is 62.5. The van der Waals surface area contributed by atoms with Crippen LogP contribution in [0.25, 0.3) is 38.7 Å². The van der Waals surface area contributed by atoms with Gasteiger partial charge in [0.05, 0.1) is 29.1 Å². The van der Waals surface area contributed by atoms with Crippen molar-refractivity contribution in [3.63, 3.8) is 0 Å². The predicted octanol–water partition coefficient (Wildman–Crippen LogP) is 6.66.